The van der Waals surface area contributed by atoms with Gasteiger partial charge in [0.25, 0.3) is 11.5 Å². The van der Waals surface area contributed by atoms with E-state index in [1.165, 1.54) is 53.2 Å². The van der Waals surface area contributed by atoms with Gasteiger partial charge in [-0.25, -0.2) is 8.78 Å². The molecule has 0 spiro atoms. The highest BCUT2D eigenvalue weighted by Gasteiger charge is 2.28. The molecule has 0 unspecified atom stereocenters. The third-order valence-corrected chi connectivity index (χ3v) is 7.71. The summed E-state index contributed by atoms with van der Waals surface area (Å²) in [5, 5.41) is 3.07. The van der Waals surface area contributed by atoms with Crippen LogP contribution in [0.3, 0.4) is 0 Å². The molecule has 1 aliphatic heterocycles. The molecule has 1 aliphatic carbocycles. The molecule has 12 heteroatoms. The molecule has 1 amide bonds. The maximum absolute atomic E-state index is 15.5. The molecule has 7 rings (SSSR count). The molecular formula is C35H29F2N3O7. The number of aromatic nitrogens is 2. The van der Waals surface area contributed by atoms with Crippen LogP contribution in [0.5, 0.6) is 34.5 Å². The van der Waals surface area contributed by atoms with E-state index in [1.54, 1.807) is 25.3 Å². The Balaban J connectivity index is 1.16. The van der Waals surface area contributed by atoms with Gasteiger partial charge < -0.3 is 29.0 Å². The van der Waals surface area contributed by atoms with Gasteiger partial charge in [-0.1, -0.05) is 0 Å². The van der Waals surface area contributed by atoms with E-state index in [4.69, 9.17) is 23.7 Å². The molecule has 3 heterocycles. The van der Waals surface area contributed by atoms with Crippen molar-refractivity contribution in [2.75, 3.05) is 31.7 Å². The smallest absolute Gasteiger partial charge is 0.271 e. The molecule has 0 bridgehead atoms. The Labute approximate surface area is 267 Å². The van der Waals surface area contributed by atoms with Crippen LogP contribution in [0.15, 0.2) is 77.9 Å². The van der Waals surface area contributed by atoms with Gasteiger partial charge in [0.1, 0.15) is 36.1 Å². The van der Waals surface area contributed by atoms with E-state index in [-0.39, 0.29) is 35.1 Å². The first-order valence-electron chi connectivity index (χ1n) is 15.2. The first-order chi connectivity index (χ1) is 22.9. The molecule has 1 saturated carbocycles. The van der Waals surface area contributed by atoms with Crippen molar-refractivity contribution < 1.29 is 37.3 Å². The lowest BCUT2D eigenvalue weighted by Gasteiger charge is -2.23. The predicted octanol–water partition coefficient (Wildman–Crippen LogP) is 6.67. The second-order valence-corrected chi connectivity index (χ2v) is 11.0. The molecule has 5 aromatic rings. The van der Waals surface area contributed by atoms with Crippen molar-refractivity contribution in [3.63, 3.8) is 0 Å². The highest BCUT2D eigenvalue weighted by molar-refractivity contribution is 6.06. The zero-order chi connectivity index (χ0) is 32.5. The zero-order valence-corrected chi connectivity index (χ0v) is 25.3. The number of carbonyl (C=O) groups is 1. The number of amides is 1. The average molecular weight is 642 g/mol. The third-order valence-electron chi connectivity index (χ3n) is 7.71. The molecule has 1 N–H and O–H groups in total. The summed E-state index contributed by atoms with van der Waals surface area (Å²) in [6, 6.07) is 13.9. The lowest BCUT2D eigenvalue weighted by molar-refractivity contribution is 0.102. The standard InChI is InChI=1S/C35H29F2N3O7/c1-2-43-27-12-14-40(23-8-5-21(36)6-9-23)35(42)31(27)34(41)39-22-7-10-26(24(37)17-22)47-28-11-13-38-25-18-29(46-19-20-3-4-20)32-33(30(25)28)45-16-15-44-32/h5-14,17-18,20H,2-4,15-16,19H2,1H3,(H,39,41). The minimum Gasteiger partial charge on any atom is -0.493 e. The van der Waals surface area contributed by atoms with E-state index in [0.717, 1.165) is 18.9 Å². The number of pyridine rings is 2. The number of benzene rings is 3. The van der Waals surface area contributed by atoms with E-state index in [2.05, 4.69) is 10.3 Å². The first-order valence-corrected chi connectivity index (χ1v) is 15.2. The highest BCUT2D eigenvalue weighted by Crippen LogP contribution is 2.49. The third kappa shape index (κ3) is 6.14. The molecule has 0 radical (unpaired) electrons. The zero-order valence-electron chi connectivity index (χ0n) is 25.3. The average Bonchev–Trinajstić information content (AvgIpc) is 3.90. The summed E-state index contributed by atoms with van der Waals surface area (Å²) in [6.45, 7) is 3.15. The van der Waals surface area contributed by atoms with Gasteiger partial charge in [0.05, 0.1) is 24.1 Å². The Morgan fingerprint density at radius 1 is 0.936 bits per heavy atom. The molecular weight excluding hydrogens is 612 g/mol. The summed E-state index contributed by atoms with van der Waals surface area (Å²) in [5.41, 5.74) is -0.0353. The fourth-order valence-corrected chi connectivity index (χ4v) is 5.24. The van der Waals surface area contributed by atoms with Crippen molar-refractivity contribution in [1.82, 2.24) is 9.55 Å². The van der Waals surface area contributed by atoms with Crippen molar-refractivity contribution in [2.24, 2.45) is 5.92 Å². The molecule has 1 fully saturated rings. The van der Waals surface area contributed by atoms with E-state index >= 15 is 4.39 Å². The lowest BCUT2D eigenvalue weighted by atomic mass is 10.1. The SMILES string of the molecule is CCOc1ccn(-c2ccc(F)cc2)c(=O)c1C(=O)Nc1ccc(Oc2ccnc3cc(OCC4CC4)c4c(c23)OCCO4)c(F)c1. The van der Waals surface area contributed by atoms with Gasteiger partial charge in [-0.05, 0) is 74.2 Å². The number of nitrogens with zero attached hydrogens (tertiary/aromatic N) is 2. The van der Waals surface area contributed by atoms with Crippen LogP contribution in [-0.2, 0) is 0 Å². The molecule has 240 valence electrons. The largest absolute Gasteiger partial charge is 0.493 e. The van der Waals surface area contributed by atoms with Crippen LogP contribution in [0, 0.1) is 17.6 Å². The van der Waals surface area contributed by atoms with E-state index in [9.17, 15) is 14.0 Å². The summed E-state index contributed by atoms with van der Waals surface area (Å²) in [6.07, 6.45) is 5.24. The van der Waals surface area contributed by atoms with Crippen LogP contribution in [0.4, 0.5) is 14.5 Å². The fourth-order valence-electron chi connectivity index (χ4n) is 5.24. The Morgan fingerprint density at radius 2 is 1.72 bits per heavy atom. The minimum absolute atomic E-state index is 0.0500. The summed E-state index contributed by atoms with van der Waals surface area (Å²) in [7, 11) is 0. The van der Waals surface area contributed by atoms with E-state index < -0.39 is 23.1 Å². The number of fused-ring (bicyclic) bond motifs is 3. The lowest BCUT2D eigenvalue weighted by Crippen LogP contribution is -2.29. The number of nitrogens with one attached hydrogen (secondary N) is 1. The monoisotopic (exact) mass is 641 g/mol. The number of halogens is 2. The van der Waals surface area contributed by atoms with Crippen LogP contribution in [-0.4, -0.2) is 41.9 Å². The van der Waals surface area contributed by atoms with Crippen molar-refractivity contribution >= 4 is 22.5 Å². The molecule has 10 nitrogen and oxygen atoms in total. The Kier molecular flexibility index (Phi) is 8.07. The van der Waals surface area contributed by atoms with Gasteiger partial charge in [-0.15, -0.1) is 0 Å². The first kappa shape index (κ1) is 30.0. The molecule has 2 aromatic heterocycles. The van der Waals surface area contributed by atoms with Gasteiger partial charge in [-0.3, -0.25) is 19.1 Å². The molecule has 3 aromatic carbocycles. The molecule has 2 aliphatic rings. The second-order valence-electron chi connectivity index (χ2n) is 11.0. The summed E-state index contributed by atoms with van der Waals surface area (Å²) in [4.78, 5) is 31.3. The number of rotatable bonds is 10. The van der Waals surface area contributed by atoms with Crippen molar-refractivity contribution in [1.29, 1.82) is 0 Å². The van der Waals surface area contributed by atoms with Gasteiger partial charge >= 0.3 is 0 Å². The quantitative estimate of drug-likeness (QED) is 0.180. The fraction of sp³-hybridized carbons (Fsp3) is 0.229. The van der Waals surface area contributed by atoms with Crippen molar-refractivity contribution in [3.8, 4) is 40.2 Å². The van der Waals surface area contributed by atoms with Gasteiger partial charge in [0.2, 0.25) is 5.75 Å². The van der Waals surface area contributed by atoms with Gasteiger partial charge in [0, 0.05) is 35.9 Å². The maximum Gasteiger partial charge on any atom is 0.271 e. The topological polar surface area (TPSA) is 110 Å². The van der Waals surface area contributed by atoms with Crippen molar-refractivity contribution in [2.45, 2.75) is 19.8 Å². The van der Waals surface area contributed by atoms with Crippen LogP contribution < -0.4 is 34.6 Å². The Hall–Kier alpha value is -5.65. The van der Waals surface area contributed by atoms with Crippen LogP contribution in [0.1, 0.15) is 30.1 Å². The number of anilines is 1. The van der Waals surface area contributed by atoms with Gasteiger partial charge in [0.15, 0.2) is 23.1 Å². The highest BCUT2D eigenvalue weighted by atomic mass is 19.1. The Bertz CT molecular complexity index is 2050. The van der Waals surface area contributed by atoms with Crippen LogP contribution in [0.25, 0.3) is 16.6 Å². The number of hydrogen-bond acceptors (Lipinski definition) is 8. The Morgan fingerprint density at radius 3 is 2.47 bits per heavy atom. The molecule has 47 heavy (non-hydrogen) atoms. The van der Waals surface area contributed by atoms with Gasteiger partial charge in [-0.2, -0.15) is 0 Å². The van der Waals surface area contributed by atoms with Crippen LogP contribution in [0.2, 0.25) is 0 Å². The second kappa shape index (κ2) is 12.6. The normalized spacial score (nSPS) is 13.7. The predicted molar refractivity (Wildman–Crippen MR) is 169 cm³/mol. The van der Waals surface area contributed by atoms with Crippen LogP contribution >= 0.6 is 0 Å². The summed E-state index contributed by atoms with van der Waals surface area (Å²) >= 11 is 0. The summed E-state index contributed by atoms with van der Waals surface area (Å²) in [5.74, 6) is 0.0796. The minimum atomic E-state index is -0.813. The molecule has 0 saturated heterocycles. The number of ether oxygens (including phenoxy) is 5. The van der Waals surface area contributed by atoms with Crippen molar-refractivity contribution in [3.05, 3.63) is 101 Å². The number of hydrogen-bond donors (Lipinski definition) is 1. The van der Waals surface area contributed by atoms with E-state index in [0.29, 0.717) is 59.6 Å². The summed E-state index contributed by atoms with van der Waals surface area (Å²) < 4.78 is 59.6. The number of carbonyl (C=O) groups excluding carboxylic acids is 1. The van der Waals surface area contributed by atoms with E-state index in [1.807, 2.05) is 0 Å². The maximum atomic E-state index is 15.5. The molecule has 0 atom stereocenters.